The Balaban J connectivity index is 1.59. The van der Waals surface area contributed by atoms with Crippen LogP contribution < -0.4 is 0 Å². The Morgan fingerprint density at radius 2 is 2.05 bits per heavy atom. The zero-order valence-corrected chi connectivity index (χ0v) is 13.2. The second-order valence-electron chi connectivity index (χ2n) is 7.26. The fraction of sp³-hybridized carbons (Fsp3) is 0.632. The summed E-state index contributed by atoms with van der Waals surface area (Å²) < 4.78 is 5.56. The maximum absolute atomic E-state index is 12.4. The van der Waals surface area contributed by atoms with Gasteiger partial charge < -0.3 is 4.74 Å². The molecule has 3 rings (SSSR count). The van der Waals surface area contributed by atoms with Crippen LogP contribution in [0, 0.1) is 23.2 Å². The molecule has 114 valence electrons. The fourth-order valence-corrected chi connectivity index (χ4v) is 4.47. The summed E-state index contributed by atoms with van der Waals surface area (Å²) in [5.41, 5.74) is 1.43. The molecular weight excluding hydrogens is 260 g/mol. The van der Waals surface area contributed by atoms with Gasteiger partial charge in [0, 0.05) is 0 Å². The molecule has 4 atom stereocenters. The molecule has 2 aliphatic rings. The molecule has 0 bridgehead atoms. The molecule has 1 unspecified atom stereocenters. The van der Waals surface area contributed by atoms with E-state index >= 15 is 0 Å². The number of carbonyl (C=O) groups is 1. The number of hydrogen-bond donors (Lipinski definition) is 0. The summed E-state index contributed by atoms with van der Waals surface area (Å²) in [5.74, 6) is 1.59. The van der Waals surface area contributed by atoms with Crippen LogP contribution in [0.15, 0.2) is 30.3 Å². The highest BCUT2D eigenvalue weighted by Crippen LogP contribution is 2.57. The molecule has 1 aromatic carbocycles. The molecule has 0 N–H and O–H groups in total. The van der Waals surface area contributed by atoms with E-state index in [0.717, 1.165) is 30.2 Å². The zero-order valence-electron chi connectivity index (χ0n) is 13.2. The second kappa shape index (κ2) is 5.82. The first-order chi connectivity index (χ1) is 10.1. The average molecular weight is 286 g/mol. The van der Waals surface area contributed by atoms with Gasteiger partial charge in [0.15, 0.2) is 0 Å². The topological polar surface area (TPSA) is 26.3 Å². The van der Waals surface area contributed by atoms with Gasteiger partial charge >= 0.3 is 5.97 Å². The van der Waals surface area contributed by atoms with E-state index in [-0.39, 0.29) is 11.9 Å². The van der Waals surface area contributed by atoms with Gasteiger partial charge in [0.05, 0.1) is 5.92 Å². The lowest BCUT2D eigenvalue weighted by Gasteiger charge is -2.42. The molecule has 0 radical (unpaired) electrons. The Morgan fingerprint density at radius 1 is 1.29 bits per heavy atom. The zero-order chi connectivity index (χ0) is 14.9. The molecule has 0 spiro atoms. The molecule has 21 heavy (non-hydrogen) atoms. The number of rotatable bonds is 3. The number of fused-ring (bicyclic) bond motifs is 1. The van der Waals surface area contributed by atoms with Crippen LogP contribution in [0.2, 0.25) is 0 Å². The van der Waals surface area contributed by atoms with Gasteiger partial charge in [-0.05, 0) is 42.1 Å². The van der Waals surface area contributed by atoms with Gasteiger partial charge in [-0.3, -0.25) is 4.79 Å². The predicted molar refractivity (Wildman–Crippen MR) is 83.6 cm³/mol. The summed E-state index contributed by atoms with van der Waals surface area (Å²) in [7, 11) is 0. The normalized spacial score (nSPS) is 35.2. The smallest absolute Gasteiger partial charge is 0.309 e. The van der Waals surface area contributed by atoms with Crippen molar-refractivity contribution in [2.45, 2.75) is 52.6 Å². The van der Waals surface area contributed by atoms with Crippen molar-refractivity contribution in [2.24, 2.45) is 23.2 Å². The predicted octanol–water partition coefficient (Wildman–Crippen LogP) is 4.58. The quantitative estimate of drug-likeness (QED) is 0.760. The molecule has 0 aromatic heterocycles. The lowest BCUT2D eigenvalue weighted by Crippen LogP contribution is -2.33. The van der Waals surface area contributed by atoms with Crippen molar-refractivity contribution in [1.82, 2.24) is 0 Å². The Bertz CT molecular complexity index is 496. The van der Waals surface area contributed by atoms with Gasteiger partial charge in [-0.1, -0.05) is 57.0 Å². The number of carbonyl (C=O) groups excluding carboxylic acids is 1. The highest BCUT2D eigenvalue weighted by Gasteiger charge is 2.50. The third-order valence-corrected chi connectivity index (χ3v) is 6.06. The first kappa shape index (κ1) is 14.6. The van der Waals surface area contributed by atoms with Crippen LogP contribution in [0.1, 0.15) is 51.5 Å². The number of benzene rings is 1. The van der Waals surface area contributed by atoms with Crippen molar-refractivity contribution in [3.05, 3.63) is 35.9 Å². The van der Waals surface area contributed by atoms with Crippen LogP contribution in [-0.2, 0) is 16.1 Å². The van der Waals surface area contributed by atoms with Crippen LogP contribution in [-0.4, -0.2) is 5.97 Å². The first-order valence-electron chi connectivity index (χ1n) is 8.30. The van der Waals surface area contributed by atoms with E-state index in [2.05, 4.69) is 13.8 Å². The van der Waals surface area contributed by atoms with Crippen molar-refractivity contribution >= 4 is 5.97 Å². The summed E-state index contributed by atoms with van der Waals surface area (Å²) in [5, 5.41) is 0. The van der Waals surface area contributed by atoms with E-state index in [0.29, 0.717) is 12.0 Å². The molecule has 2 nitrogen and oxygen atoms in total. The minimum absolute atomic E-state index is 0.0154. The molecule has 2 aliphatic carbocycles. The van der Waals surface area contributed by atoms with Crippen molar-refractivity contribution in [3.63, 3.8) is 0 Å². The minimum Gasteiger partial charge on any atom is -0.461 e. The Kier molecular flexibility index (Phi) is 4.05. The van der Waals surface area contributed by atoms with E-state index in [4.69, 9.17) is 4.74 Å². The minimum atomic E-state index is 0.0154. The Labute approximate surface area is 127 Å². The van der Waals surface area contributed by atoms with E-state index in [1.54, 1.807) is 0 Å². The SMILES string of the molecule is C[C@H]1CCC[C@H]2CC(C(=O)OCc3ccccc3)C[C@@]21C. The summed E-state index contributed by atoms with van der Waals surface area (Å²) >= 11 is 0. The van der Waals surface area contributed by atoms with Crippen LogP contribution >= 0.6 is 0 Å². The maximum Gasteiger partial charge on any atom is 0.309 e. The molecule has 2 saturated carbocycles. The lowest BCUT2D eigenvalue weighted by atomic mass is 9.63. The van der Waals surface area contributed by atoms with Gasteiger partial charge in [0.25, 0.3) is 0 Å². The van der Waals surface area contributed by atoms with Gasteiger partial charge in [-0.2, -0.15) is 0 Å². The molecule has 0 amide bonds. The fourth-order valence-electron chi connectivity index (χ4n) is 4.47. The van der Waals surface area contributed by atoms with Crippen molar-refractivity contribution in [2.75, 3.05) is 0 Å². The molecule has 0 heterocycles. The summed E-state index contributed by atoms with van der Waals surface area (Å²) in [6.07, 6.45) is 6.00. The Morgan fingerprint density at radius 3 is 2.76 bits per heavy atom. The highest BCUT2D eigenvalue weighted by atomic mass is 16.5. The monoisotopic (exact) mass is 286 g/mol. The van der Waals surface area contributed by atoms with E-state index in [9.17, 15) is 4.79 Å². The molecule has 0 saturated heterocycles. The largest absolute Gasteiger partial charge is 0.461 e. The maximum atomic E-state index is 12.4. The van der Waals surface area contributed by atoms with Crippen LogP contribution in [0.4, 0.5) is 0 Å². The lowest BCUT2D eigenvalue weighted by molar-refractivity contribution is -0.150. The van der Waals surface area contributed by atoms with Crippen molar-refractivity contribution < 1.29 is 9.53 Å². The standard InChI is InChI=1S/C19H26O2/c1-14-7-6-10-17-11-16(12-19(14,17)2)18(20)21-13-15-8-4-3-5-9-15/h3-5,8-9,14,16-17H,6-7,10-13H2,1-2H3/t14-,16?,17-,19+/m0/s1. The van der Waals surface area contributed by atoms with E-state index in [1.807, 2.05) is 30.3 Å². The average Bonchev–Trinajstić information content (AvgIpc) is 2.85. The molecular formula is C19H26O2. The van der Waals surface area contributed by atoms with E-state index in [1.165, 1.54) is 19.3 Å². The van der Waals surface area contributed by atoms with Crippen molar-refractivity contribution in [3.8, 4) is 0 Å². The Hall–Kier alpha value is -1.31. The molecule has 2 fully saturated rings. The molecule has 0 aliphatic heterocycles. The van der Waals surface area contributed by atoms with Crippen LogP contribution in [0.3, 0.4) is 0 Å². The molecule has 1 aromatic rings. The highest BCUT2D eigenvalue weighted by molar-refractivity contribution is 5.73. The summed E-state index contributed by atoms with van der Waals surface area (Å²) in [6, 6.07) is 9.96. The number of esters is 1. The van der Waals surface area contributed by atoms with Crippen LogP contribution in [0.25, 0.3) is 0 Å². The van der Waals surface area contributed by atoms with E-state index < -0.39 is 0 Å². The van der Waals surface area contributed by atoms with Gasteiger partial charge in [0.1, 0.15) is 6.61 Å². The third kappa shape index (κ3) is 2.86. The van der Waals surface area contributed by atoms with Crippen molar-refractivity contribution in [1.29, 1.82) is 0 Å². The summed E-state index contributed by atoms with van der Waals surface area (Å²) in [6.45, 7) is 5.17. The van der Waals surface area contributed by atoms with Gasteiger partial charge in [-0.25, -0.2) is 0 Å². The summed E-state index contributed by atoms with van der Waals surface area (Å²) in [4.78, 5) is 12.4. The van der Waals surface area contributed by atoms with Gasteiger partial charge in [0.2, 0.25) is 0 Å². The number of ether oxygens (including phenoxy) is 1. The third-order valence-electron chi connectivity index (χ3n) is 6.06. The number of hydrogen-bond acceptors (Lipinski definition) is 2. The second-order valence-corrected chi connectivity index (χ2v) is 7.26. The molecule has 2 heteroatoms. The van der Waals surface area contributed by atoms with Gasteiger partial charge in [-0.15, -0.1) is 0 Å². The first-order valence-corrected chi connectivity index (χ1v) is 8.30. The van der Waals surface area contributed by atoms with Crippen LogP contribution in [0.5, 0.6) is 0 Å².